The van der Waals surface area contributed by atoms with E-state index < -0.39 is 0 Å². The number of rotatable bonds is 3. The number of benzene rings is 1. The summed E-state index contributed by atoms with van der Waals surface area (Å²) in [5.41, 5.74) is 3.22. The minimum Gasteiger partial charge on any atom is -0.497 e. The van der Waals surface area contributed by atoms with Gasteiger partial charge in [-0.15, -0.1) is 0 Å². The van der Waals surface area contributed by atoms with Gasteiger partial charge < -0.3 is 19.9 Å². The van der Waals surface area contributed by atoms with Gasteiger partial charge in [-0.3, -0.25) is 4.79 Å². The lowest BCUT2D eigenvalue weighted by Crippen LogP contribution is -2.44. The van der Waals surface area contributed by atoms with Crippen molar-refractivity contribution < 1.29 is 9.53 Å². The zero-order valence-corrected chi connectivity index (χ0v) is 14.5. The monoisotopic (exact) mass is 340 g/mol. The van der Waals surface area contributed by atoms with E-state index in [1.165, 1.54) is 0 Å². The molecule has 3 heterocycles. The molecule has 1 saturated heterocycles. The van der Waals surface area contributed by atoms with E-state index in [4.69, 9.17) is 4.74 Å². The maximum absolute atomic E-state index is 13.0. The Hall–Kier alpha value is -2.34. The highest BCUT2D eigenvalue weighted by Crippen LogP contribution is 2.34. The van der Waals surface area contributed by atoms with Gasteiger partial charge in [0, 0.05) is 18.4 Å². The molecule has 0 radical (unpaired) electrons. The average molecular weight is 340 g/mol. The lowest BCUT2D eigenvalue weighted by atomic mass is 9.89. The molecule has 6 heteroatoms. The first-order valence-electron chi connectivity index (χ1n) is 8.92. The van der Waals surface area contributed by atoms with Crippen LogP contribution in [0.25, 0.3) is 0 Å². The van der Waals surface area contributed by atoms with E-state index in [-0.39, 0.29) is 17.7 Å². The van der Waals surface area contributed by atoms with Crippen molar-refractivity contribution in [2.45, 2.75) is 25.3 Å². The number of piperidine rings is 1. The van der Waals surface area contributed by atoms with Gasteiger partial charge in [-0.1, -0.05) is 12.1 Å². The number of imidazole rings is 1. The molecule has 1 amide bonds. The van der Waals surface area contributed by atoms with Crippen LogP contribution >= 0.6 is 0 Å². The highest BCUT2D eigenvalue weighted by Gasteiger charge is 2.34. The molecule has 1 aromatic carbocycles. The van der Waals surface area contributed by atoms with Crippen molar-refractivity contribution in [3.05, 3.63) is 47.5 Å². The molecule has 2 aliphatic rings. The van der Waals surface area contributed by atoms with E-state index in [2.05, 4.69) is 21.4 Å². The molecule has 1 atom stereocenters. The molecule has 0 aliphatic carbocycles. The van der Waals surface area contributed by atoms with Crippen LogP contribution in [0.4, 0.5) is 0 Å². The Bertz CT molecular complexity index is 751. The molecule has 6 nitrogen and oxygen atoms in total. The normalized spacial score (nSPS) is 21.0. The van der Waals surface area contributed by atoms with Crippen LogP contribution in [0.3, 0.4) is 0 Å². The Balaban J connectivity index is 1.62. The predicted octanol–water partition coefficient (Wildman–Crippen LogP) is 1.89. The summed E-state index contributed by atoms with van der Waals surface area (Å²) in [7, 11) is 1.67. The van der Waals surface area contributed by atoms with Crippen LogP contribution in [0.1, 0.15) is 35.7 Å². The van der Waals surface area contributed by atoms with Gasteiger partial charge in [-0.25, -0.2) is 4.98 Å². The molecule has 2 aliphatic heterocycles. The number of methoxy groups -OCH3 is 1. The van der Waals surface area contributed by atoms with Gasteiger partial charge >= 0.3 is 0 Å². The Morgan fingerprint density at radius 3 is 2.96 bits per heavy atom. The Kier molecular flexibility index (Phi) is 4.44. The molecule has 1 aromatic heterocycles. The second-order valence-corrected chi connectivity index (χ2v) is 6.84. The molecule has 0 saturated carbocycles. The third kappa shape index (κ3) is 3.14. The minimum absolute atomic E-state index is 0.0794. The fourth-order valence-electron chi connectivity index (χ4n) is 3.94. The number of hydrogen-bond donors (Lipinski definition) is 2. The third-order valence-corrected chi connectivity index (χ3v) is 5.33. The maximum atomic E-state index is 13.0. The van der Waals surface area contributed by atoms with Crippen molar-refractivity contribution in [3.8, 4) is 5.75 Å². The summed E-state index contributed by atoms with van der Waals surface area (Å²) in [6.07, 6.45) is 3.58. The molecule has 2 N–H and O–H groups in total. The highest BCUT2D eigenvalue weighted by atomic mass is 16.5. The summed E-state index contributed by atoms with van der Waals surface area (Å²) in [6, 6.07) is 8.07. The van der Waals surface area contributed by atoms with Crippen molar-refractivity contribution in [2.24, 2.45) is 5.92 Å². The number of carbonyl (C=O) groups is 1. The molecule has 132 valence electrons. The van der Waals surface area contributed by atoms with Gasteiger partial charge in [0.2, 0.25) is 5.91 Å². The maximum Gasteiger partial charge on any atom is 0.226 e. The number of H-pyrrole nitrogens is 1. The van der Waals surface area contributed by atoms with E-state index in [0.717, 1.165) is 48.6 Å². The minimum atomic E-state index is 0.0794. The average Bonchev–Trinajstić information content (AvgIpc) is 3.16. The molecule has 1 unspecified atom stereocenters. The standard InChI is InChI=1S/C19H24N4O2/c1-25-15-4-2-3-14(9-15)16-10-23(11-17-18(16)22-12-21-17)19(24)13-5-7-20-8-6-13/h2-4,9,12-13,16,20H,5-8,10-11H2,1H3,(H,21,22). The lowest BCUT2D eigenvalue weighted by Gasteiger charge is -2.35. The number of fused-ring (bicyclic) bond motifs is 1. The molecule has 4 rings (SSSR count). The topological polar surface area (TPSA) is 70.2 Å². The number of carbonyl (C=O) groups excluding carboxylic acids is 1. The summed E-state index contributed by atoms with van der Waals surface area (Å²) < 4.78 is 5.37. The number of nitrogens with zero attached hydrogens (tertiary/aromatic N) is 2. The van der Waals surface area contributed by atoms with Crippen LogP contribution in [-0.4, -0.2) is 47.5 Å². The zero-order chi connectivity index (χ0) is 17.2. The highest BCUT2D eigenvalue weighted by molar-refractivity contribution is 5.79. The molecule has 2 aromatic rings. The smallest absolute Gasteiger partial charge is 0.226 e. The Labute approximate surface area is 147 Å². The summed E-state index contributed by atoms with van der Waals surface area (Å²) >= 11 is 0. The largest absolute Gasteiger partial charge is 0.497 e. The van der Waals surface area contributed by atoms with E-state index in [9.17, 15) is 4.79 Å². The van der Waals surface area contributed by atoms with Crippen molar-refractivity contribution in [1.29, 1.82) is 0 Å². The number of hydrogen-bond acceptors (Lipinski definition) is 4. The van der Waals surface area contributed by atoms with Gasteiger partial charge in [0.25, 0.3) is 0 Å². The van der Waals surface area contributed by atoms with E-state index in [1.807, 2.05) is 23.1 Å². The number of ether oxygens (including phenoxy) is 1. The summed E-state index contributed by atoms with van der Waals surface area (Å²) in [5, 5.41) is 3.33. The van der Waals surface area contributed by atoms with Crippen molar-refractivity contribution >= 4 is 5.91 Å². The van der Waals surface area contributed by atoms with Crippen LogP contribution in [0.5, 0.6) is 5.75 Å². The summed E-state index contributed by atoms with van der Waals surface area (Å²) in [5.74, 6) is 1.32. The van der Waals surface area contributed by atoms with Crippen LogP contribution in [0.2, 0.25) is 0 Å². The molecule has 0 bridgehead atoms. The molecule has 25 heavy (non-hydrogen) atoms. The van der Waals surface area contributed by atoms with Crippen LogP contribution < -0.4 is 10.1 Å². The molecular formula is C19H24N4O2. The molecule has 1 fully saturated rings. The Morgan fingerprint density at radius 1 is 1.32 bits per heavy atom. The fraction of sp³-hybridized carbons (Fsp3) is 0.474. The summed E-state index contributed by atoms with van der Waals surface area (Å²) in [6.45, 7) is 3.16. The van der Waals surface area contributed by atoms with Gasteiger partial charge in [0.05, 0.1) is 31.4 Å². The van der Waals surface area contributed by atoms with Crippen LogP contribution in [0, 0.1) is 5.92 Å². The van der Waals surface area contributed by atoms with Gasteiger partial charge in [-0.2, -0.15) is 0 Å². The predicted molar refractivity (Wildman–Crippen MR) is 94.4 cm³/mol. The quantitative estimate of drug-likeness (QED) is 0.895. The van der Waals surface area contributed by atoms with Gasteiger partial charge in [0.15, 0.2) is 0 Å². The van der Waals surface area contributed by atoms with E-state index in [0.29, 0.717) is 13.1 Å². The Morgan fingerprint density at radius 2 is 2.16 bits per heavy atom. The molecular weight excluding hydrogens is 316 g/mol. The third-order valence-electron chi connectivity index (χ3n) is 5.33. The van der Waals surface area contributed by atoms with E-state index in [1.54, 1.807) is 13.4 Å². The summed E-state index contributed by atoms with van der Waals surface area (Å²) in [4.78, 5) is 22.8. The van der Waals surface area contributed by atoms with Gasteiger partial charge in [0.1, 0.15) is 5.75 Å². The number of nitrogens with one attached hydrogen (secondary N) is 2. The zero-order valence-electron chi connectivity index (χ0n) is 14.5. The number of aromatic amines is 1. The molecule has 0 spiro atoms. The first-order chi connectivity index (χ1) is 12.3. The van der Waals surface area contributed by atoms with Crippen molar-refractivity contribution in [3.63, 3.8) is 0 Å². The van der Waals surface area contributed by atoms with Gasteiger partial charge in [-0.05, 0) is 43.6 Å². The van der Waals surface area contributed by atoms with E-state index >= 15 is 0 Å². The first kappa shape index (κ1) is 16.1. The van der Waals surface area contributed by atoms with Crippen molar-refractivity contribution in [1.82, 2.24) is 20.2 Å². The SMILES string of the molecule is COc1cccc(C2CN(C(=O)C3CCNCC3)Cc3[nH]cnc32)c1. The number of amides is 1. The lowest BCUT2D eigenvalue weighted by molar-refractivity contribution is -0.137. The second-order valence-electron chi connectivity index (χ2n) is 6.84. The van der Waals surface area contributed by atoms with Crippen molar-refractivity contribution in [2.75, 3.05) is 26.7 Å². The van der Waals surface area contributed by atoms with Crippen LogP contribution in [-0.2, 0) is 11.3 Å². The second kappa shape index (κ2) is 6.88. The fourth-order valence-corrected chi connectivity index (χ4v) is 3.94. The van der Waals surface area contributed by atoms with Crippen LogP contribution in [0.15, 0.2) is 30.6 Å². The first-order valence-corrected chi connectivity index (χ1v) is 8.92. The number of aromatic nitrogens is 2.